The number of hydrogen-bond donors (Lipinski definition) is 4. The average molecular weight is 463 g/mol. The Kier molecular flexibility index (Phi) is 5.87. The molecule has 5 aromatic rings. The number of carbonyl (C=O) groups excluding carboxylic acids is 1. The van der Waals surface area contributed by atoms with E-state index in [9.17, 15) is 4.79 Å². The molecule has 0 fully saturated rings. The van der Waals surface area contributed by atoms with Crippen LogP contribution in [0.4, 0.5) is 34.6 Å². The summed E-state index contributed by atoms with van der Waals surface area (Å²) in [5.74, 6) is 0.949. The summed E-state index contributed by atoms with van der Waals surface area (Å²) in [4.78, 5) is 29.5. The van der Waals surface area contributed by atoms with Gasteiger partial charge in [-0.1, -0.05) is 18.2 Å². The second-order valence-electron chi connectivity index (χ2n) is 7.84. The summed E-state index contributed by atoms with van der Waals surface area (Å²) in [6.07, 6.45) is 3.37. The SMILES string of the molecule is Cc1cc(Nc2ccc(NC(=O)c3ccc(Nc4ccnc5ccccc45)cc3)nc2)nc(N)n1. The van der Waals surface area contributed by atoms with E-state index >= 15 is 0 Å². The molecule has 0 spiro atoms. The highest BCUT2D eigenvalue weighted by Crippen LogP contribution is 2.25. The number of nitrogen functional groups attached to an aromatic ring is 1. The first-order valence-electron chi connectivity index (χ1n) is 10.9. The lowest BCUT2D eigenvalue weighted by atomic mass is 10.1. The highest BCUT2D eigenvalue weighted by atomic mass is 16.1. The lowest BCUT2D eigenvalue weighted by Crippen LogP contribution is -2.13. The molecule has 0 atom stereocenters. The van der Waals surface area contributed by atoms with Gasteiger partial charge >= 0.3 is 0 Å². The van der Waals surface area contributed by atoms with Crippen molar-refractivity contribution in [3.05, 3.63) is 96.4 Å². The summed E-state index contributed by atoms with van der Waals surface area (Å²) in [7, 11) is 0. The normalized spacial score (nSPS) is 10.7. The van der Waals surface area contributed by atoms with Gasteiger partial charge in [-0.25, -0.2) is 9.97 Å². The minimum absolute atomic E-state index is 0.194. The van der Waals surface area contributed by atoms with Gasteiger partial charge in [0.05, 0.1) is 17.4 Å². The number of nitrogens with one attached hydrogen (secondary N) is 3. The van der Waals surface area contributed by atoms with E-state index in [0.29, 0.717) is 22.9 Å². The molecule has 0 bridgehead atoms. The van der Waals surface area contributed by atoms with Crippen LogP contribution in [0.3, 0.4) is 0 Å². The van der Waals surface area contributed by atoms with Gasteiger partial charge in [0.1, 0.15) is 11.6 Å². The summed E-state index contributed by atoms with van der Waals surface area (Å²) >= 11 is 0. The van der Waals surface area contributed by atoms with Gasteiger partial charge in [-0.2, -0.15) is 4.98 Å². The molecule has 9 heteroatoms. The number of nitrogens with zero attached hydrogens (tertiary/aromatic N) is 4. The molecule has 2 aromatic carbocycles. The van der Waals surface area contributed by atoms with E-state index in [-0.39, 0.29) is 11.9 Å². The van der Waals surface area contributed by atoms with E-state index < -0.39 is 0 Å². The van der Waals surface area contributed by atoms with Crippen molar-refractivity contribution in [2.24, 2.45) is 0 Å². The predicted octanol–water partition coefficient (Wildman–Crippen LogP) is 5.05. The molecule has 0 radical (unpaired) electrons. The minimum Gasteiger partial charge on any atom is -0.368 e. The molecule has 3 aromatic heterocycles. The highest BCUT2D eigenvalue weighted by Gasteiger charge is 2.08. The monoisotopic (exact) mass is 462 g/mol. The van der Waals surface area contributed by atoms with E-state index in [2.05, 4.69) is 35.9 Å². The van der Waals surface area contributed by atoms with Crippen molar-refractivity contribution >= 4 is 51.5 Å². The molecule has 172 valence electrons. The van der Waals surface area contributed by atoms with Gasteiger partial charge in [0.15, 0.2) is 0 Å². The summed E-state index contributed by atoms with van der Waals surface area (Å²) in [6.45, 7) is 1.84. The average Bonchev–Trinajstić information content (AvgIpc) is 2.85. The van der Waals surface area contributed by atoms with E-state index in [0.717, 1.165) is 28.0 Å². The van der Waals surface area contributed by atoms with Gasteiger partial charge in [0.25, 0.3) is 5.91 Å². The predicted molar refractivity (Wildman–Crippen MR) is 138 cm³/mol. The number of nitrogens with two attached hydrogens (primary N) is 1. The van der Waals surface area contributed by atoms with Gasteiger partial charge in [-0.15, -0.1) is 0 Å². The first-order valence-corrected chi connectivity index (χ1v) is 10.9. The molecule has 3 heterocycles. The molecule has 0 aliphatic rings. The standard InChI is InChI=1S/C26H22N8O/c1-16-14-24(34-26(27)30-16)32-19-10-11-23(29-15-19)33-25(35)17-6-8-18(9-7-17)31-22-12-13-28-21-5-3-2-4-20(21)22/h2-15H,1H3,(H,28,31)(H,29,33,35)(H3,27,30,32,34). The molecule has 1 amide bonds. The van der Waals surface area contributed by atoms with Crippen molar-refractivity contribution in [1.29, 1.82) is 0 Å². The van der Waals surface area contributed by atoms with Crippen molar-refractivity contribution < 1.29 is 4.79 Å². The van der Waals surface area contributed by atoms with Crippen LogP contribution in [0.2, 0.25) is 0 Å². The van der Waals surface area contributed by atoms with E-state index in [1.165, 1.54) is 0 Å². The minimum atomic E-state index is -0.252. The lowest BCUT2D eigenvalue weighted by molar-refractivity contribution is 0.102. The van der Waals surface area contributed by atoms with Crippen molar-refractivity contribution in [1.82, 2.24) is 19.9 Å². The van der Waals surface area contributed by atoms with Crippen molar-refractivity contribution in [3.63, 3.8) is 0 Å². The Morgan fingerprint density at radius 3 is 2.40 bits per heavy atom. The maximum Gasteiger partial charge on any atom is 0.256 e. The number of fused-ring (bicyclic) bond motifs is 1. The molecule has 0 aliphatic carbocycles. The zero-order valence-corrected chi connectivity index (χ0v) is 18.9. The van der Waals surface area contributed by atoms with Crippen LogP contribution in [0.15, 0.2) is 85.2 Å². The van der Waals surface area contributed by atoms with Gasteiger partial charge in [-0.3, -0.25) is 9.78 Å². The molecule has 9 nitrogen and oxygen atoms in total. The Bertz CT molecular complexity index is 1480. The Balaban J connectivity index is 1.23. The Hall–Kier alpha value is -5.05. The van der Waals surface area contributed by atoms with Gasteiger partial charge in [-0.05, 0) is 55.5 Å². The Morgan fingerprint density at radius 2 is 1.63 bits per heavy atom. The smallest absolute Gasteiger partial charge is 0.256 e. The molecule has 5 rings (SSSR count). The first kappa shape index (κ1) is 21.8. The molecular weight excluding hydrogens is 440 g/mol. The third kappa shape index (κ3) is 5.14. The maximum atomic E-state index is 12.7. The van der Waals surface area contributed by atoms with E-state index in [1.807, 2.05) is 49.4 Å². The largest absolute Gasteiger partial charge is 0.368 e. The summed E-state index contributed by atoms with van der Waals surface area (Å²) in [6, 6.07) is 22.4. The van der Waals surface area contributed by atoms with Crippen molar-refractivity contribution in [2.75, 3.05) is 21.7 Å². The fourth-order valence-electron chi connectivity index (χ4n) is 3.60. The van der Waals surface area contributed by atoms with Crippen LogP contribution >= 0.6 is 0 Å². The van der Waals surface area contributed by atoms with Crippen molar-refractivity contribution in [3.8, 4) is 0 Å². The zero-order chi connectivity index (χ0) is 24.2. The molecule has 0 aliphatic heterocycles. The number of aryl methyl sites for hydroxylation is 1. The topological polar surface area (TPSA) is 131 Å². The molecule has 0 saturated heterocycles. The number of anilines is 6. The number of hydrogen-bond acceptors (Lipinski definition) is 8. The van der Waals surface area contributed by atoms with Crippen LogP contribution in [-0.2, 0) is 0 Å². The molecule has 0 unspecified atom stereocenters. The van der Waals surface area contributed by atoms with E-state index in [1.54, 1.807) is 42.7 Å². The molecule has 5 N–H and O–H groups in total. The Morgan fingerprint density at radius 1 is 0.829 bits per heavy atom. The van der Waals surface area contributed by atoms with Gasteiger partial charge < -0.3 is 21.7 Å². The molecular formula is C26H22N8O. The number of pyridine rings is 2. The second kappa shape index (κ2) is 9.44. The number of amides is 1. The molecule has 0 saturated carbocycles. The number of carbonyl (C=O) groups is 1. The van der Waals surface area contributed by atoms with Crippen LogP contribution in [0.1, 0.15) is 16.1 Å². The van der Waals surface area contributed by atoms with Gasteiger partial charge in [0, 0.05) is 40.3 Å². The number of benzene rings is 2. The molecule has 35 heavy (non-hydrogen) atoms. The fraction of sp³-hybridized carbons (Fsp3) is 0.0385. The third-order valence-electron chi connectivity index (χ3n) is 5.22. The second-order valence-corrected chi connectivity index (χ2v) is 7.84. The summed E-state index contributed by atoms with van der Waals surface area (Å²) in [5, 5.41) is 10.3. The first-order chi connectivity index (χ1) is 17.0. The zero-order valence-electron chi connectivity index (χ0n) is 18.9. The van der Waals surface area contributed by atoms with Crippen molar-refractivity contribution in [2.45, 2.75) is 6.92 Å². The lowest BCUT2D eigenvalue weighted by Gasteiger charge is -2.10. The van der Waals surface area contributed by atoms with Crippen LogP contribution < -0.4 is 21.7 Å². The number of aromatic nitrogens is 4. The highest BCUT2D eigenvalue weighted by molar-refractivity contribution is 6.04. The van der Waals surface area contributed by atoms with E-state index in [4.69, 9.17) is 5.73 Å². The number of para-hydroxylation sites is 1. The van der Waals surface area contributed by atoms with Crippen LogP contribution in [0.5, 0.6) is 0 Å². The number of rotatable bonds is 6. The van der Waals surface area contributed by atoms with Gasteiger partial charge in [0.2, 0.25) is 5.95 Å². The maximum absolute atomic E-state index is 12.7. The van der Waals surface area contributed by atoms with Crippen LogP contribution in [0, 0.1) is 6.92 Å². The third-order valence-corrected chi connectivity index (χ3v) is 5.22. The van der Waals surface area contributed by atoms with Crippen LogP contribution in [-0.4, -0.2) is 25.8 Å². The summed E-state index contributed by atoms with van der Waals surface area (Å²) < 4.78 is 0. The van der Waals surface area contributed by atoms with Crippen LogP contribution in [0.25, 0.3) is 10.9 Å². The summed E-state index contributed by atoms with van der Waals surface area (Å²) in [5.41, 5.74) is 10.4. The quantitative estimate of drug-likeness (QED) is 0.276. The Labute approximate surface area is 201 Å². The fourth-order valence-corrected chi connectivity index (χ4v) is 3.60.